The Hall–Kier alpha value is -1.50. The summed E-state index contributed by atoms with van der Waals surface area (Å²) < 4.78 is 5.34. The number of rotatable bonds is 8. The molecule has 1 atom stereocenters. The lowest BCUT2D eigenvalue weighted by atomic mass is 10.1. The summed E-state index contributed by atoms with van der Waals surface area (Å²) in [6.45, 7) is 19.5. The van der Waals surface area contributed by atoms with Gasteiger partial charge in [-0.15, -0.1) is 0 Å². The van der Waals surface area contributed by atoms with Crippen LogP contribution in [0.15, 0.2) is 4.99 Å². The fourth-order valence-corrected chi connectivity index (χ4v) is 2.98. The molecule has 0 spiro atoms. The van der Waals surface area contributed by atoms with Crippen molar-refractivity contribution in [1.82, 2.24) is 20.9 Å². The maximum atomic E-state index is 12.0. The van der Waals surface area contributed by atoms with Gasteiger partial charge in [0.2, 0.25) is 0 Å². The zero-order valence-corrected chi connectivity index (χ0v) is 18.4. The Balaban J connectivity index is 2.49. The molecule has 158 valence electrons. The Bertz CT molecular complexity index is 479. The van der Waals surface area contributed by atoms with E-state index in [1.54, 1.807) is 0 Å². The molecule has 0 aromatic rings. The normalized spacial score (nSPS) is 17.5. The molecule has 0 radical (unpaired) electrons. The van der Waals surface area contributed by atoms with Gasteiger partial charge in [0.25, 0.3) is 0 Å². The van der Waals surface area contributed by atoms with Gasteiger partial charge in [-0.05, 0) is 73.4 Å². The van der Waals surface area contributed by atoms with E-state index in [9.17, 15) is 4.79 Å². The summed E-state index contributed by atoms with van der Waals surface area (Å²) in [4.78, 5) is 19.2. The van der Waals surface area contributed by atoms with Gasteiger partial charge in [0.1, 0.15) is 5.60 Å². The number of carbonyl (C=O) groups excluding carboxylic acids is 1. The maximum Gasteiger partial charge on any atom is 0.408 e. The summed E-state index contributed by atoms with van der Waals surface area (Å²) in [6, 6.07) is 0. The van der Waals surface area contributed by atoms with E-state index in [4.69, 9.17) is 4.74 Å². The standard InChI is InChI=1S/C20H41N5O2/c1-8-21-17(22-13-16(2)14-25-11-9-10-12-25)23-15-20(6,7)24-18(26)27-19(3,4)5/h16H,8-15H2,1-7H3,(H,24,26)(H2,21,22,23). The van der Waals surface area contributed by atoms with Crippen LogP contribution >= 0.6 is 0 Å². The van der Waals surface area contributed by atoms with E-state index >= 15 is 0 Å². The molecule has 1 aliphatic rings. The van der Waals surface area contributed by atoms with Crippen molar-refractivity contribution in [2.75, 3.05) is 39.3 Å². The van der Waals surface area contributed by atoms with E-state index in [1.807, 2.05) is 34.6 Å². The van der Waals surface area contributed by atoms with Gasteiger partial charge in [0, 0.05) is 19.6 Å². The number of amides is 1. The maximum absolute atomic E-state index is 12.0. The van der Waals surface area contributed by atoms with Crippen molar-refractivity contribution in [3.8, 4) is 0 Å². The molecule has 1 amide bonds. The largest absolute Gasteiger partial charge is 0.444 e. The quantitative estimate of drug-likeness (QED) is 0.444. The van der Waals surface area contributed by atoms with Crippen LogP contribution in [0.2, 0.25) is 0 Å². The van der Waals surface area contributed by atoms with Gasteiger partial charge in [-0.25, -0.2) is 4.79 Å². The van der Waals surface area contributed by atoms with E-state index in [2.05, 4.69) is 39.7 Å². The lowest BCUT2D eigenvalue weighted by Gasteiger charge is -2.28. The predicted molar refractivity (Wildman–Crippen MR) is 112 cm³/mol. The minimum absolute atomic E-state index is 0.417. The van der Waals surface area contributed by atoms with Crippen LogP contribution in [0.25, 0.3) is 0 Å². The topological polar surface area (TPSA) is 78.0 Å². The molecule has 0 aliphatic carbocycles. The van der Waals surface area contributed by atoms with Crippen LogP contribution in [0.3, 0.4) is 0 Å². The second-order valence-electron chi connectivity index (χ2n) is 9.20. The zero-order chi connectivity index (χ0) is 20.5. The third-order valence-corrected chi connectivity index (χ3v) is 4.20. The van der Waals surface area contributed by atoms with Crippen LogP contribution in [0.1, 0.15) is 61.3 Å². The van der Waals surface area contributed by atoms with Crippen LogP contribution in [-0.2, 0) is 4.74 Å². The summed E-state index contributed by atoms with van der Waals surface area (Å²) in [6.07, 6.45) is 2.23. The summed E-state index contributed by atoms with van der Waals surface area (Å²) in [5, 5.41) is 9.60. The highest BCUT2D eigenvalue weighted by atomic mass is 16.6. The first-order valence-electron chi connectivity index (χ1n) is 10.3. The Morgan fingerprint density at radius 1 is 1.15 bits per heavy atom. The lowest BCUT2D eigenvalue weighted by molar-refractivity contribution is 0.0476. The number of likely N-dealkylation sites (tertiary alicyclic amines) is 1. The third kappa shape index (κ3) is 11.1. The van der Waals surface area contributed by atoms with Gasteiger partial charge in [0.15, 0.2) is 5.96 Å². The van der Waals surface area contributed by atoms with Gasteiger partial charge in [-0.2, -0.15) is 0 Å². The van der Waals surface area contributed by atoms with Gasteiger partial charge >= 0.3 is 6.09 Å². The molecule has 0 saturated carbocycles. The van der Waals surface area contributed by atoms with Gasteiger partial charge in [-0.1, -0.05) is 6.92 Å². The highest BCUT2D eigenvalue weighted by Crippen LogP contribution is 2.11. The predicted octanol–water partition coefficient (Wildman–Crippen LogP) is 2.58. The van der Waals surface area contributed by atoms with Crippen LogP contribution in [0.5, 0.6) is 0 Å². The number of nitrogens with zero attached hydrogens (tertiary/aromatic N) is 2. The first kappa shape index (κ1) is 23.5. The summed E-state index contributed by atoms with van der Waals surface area (Å²) in [5.74, 6) is 1.34. The van der Waals surface area contributed by atoms with Crippen molar-refractivity contribution >= 4 is 12.1 Å². The van der Waals surface area contributed by atoms with E-state index < -0.39 is 17.2 Å². The molecule has 1 heterocycles. The Labute approximate surface area is 165 Å². The van der Waals surface area contributed by atoms with E-state index in [0.29, 0.717) is 12.5 Å². The molecule has 7 nitrogen and oxygen atoms in total. The first-order valence-corrected chi connectivity index (χ1v) is 10.3. The number of alkyl carbamates (subject to hydrolysis) is 1. The molecule has 1 unspecified atom stereocenters. The first-order chi connectivity index (χ1) is 12.5. The number of guanidine groups is 1. The molecular formula is C20H41N5O2. The van der Waals surface area contributed by atoms with Gasteiger partial charge in [-0.3, -0.25) is 4.99 Å². The highest BCUT2D eigenvalue weighted by Gasteiger charge is 2.24. The fourth-order valence-electron chi connectivity index (χ4n) is 2.98. The minimum Gasteiger partial charge on any atom is -0.444 e. The number of hydrogen-bond acceptors (Lipinski definition) is 4. The molecule has 1 fully saturated rings. The molecule has 1 saturated heterocycles. The number of ether oxygens (including phenoxy) is 1. The average Bonchev–Trinajstić information content (AvgIpc) is 3.00. The minimum atomic E-state index is -0.509. The van der Waals surface area contributed by atoms with Crippen molar-refractivity contribution in [3.05, 3.63) is 0 Å². The Morgan fingerprint density at radius 2 is 1.78 bits per heavy atom. The van der Waals surface area contributed by atoms with Crippen LogP contribution in [-0.4, -0.2) is 67.4 Å². The van der Waals surface area contributed by atoms with E-state index in [1.165, 1.54) is 25.9 Å². The van der Waals surface area contributed by atoms with Crippen molar-refractivity contribution in [2.24, 2.45) is 10.9 Å². The van der Waals surface area contributed by atoms with Crippen LogP contribution < -0.4 is 16.0 Å². The molecule has 1 rings (SSSR count). The second-order valence-corrected chi connectivity index (χ2v) is 9.20. The van der Waals surface area contributed by atoms with Crippen molar-refractivity contribution in [2.45, 2.75) is 72.4 Å². The molecule has 1 aliphatic heterocycles. The molecule has 0 aromatic heterocycles. The summed E-state index contributed by atoms with van der Waals surface area (Å²) >= 11 is 0. The number of nitrogens with one attached hydrogen (secondary N) is 3. The van der Waals surface area contributed by atoms with Crippen molar-refractivity contribution < 1.29 is 9.53 Å². The molecule has 27 heavy (non-hydrogen) atoms. The number of aliphatic imine (C=N–C) groups is 1. The number of hydrogen-bond donors (Lipinski definition) is 3. The molecule has 0 aromatic carbocycles. The SMILES string of the molecule is CCNC(=NCC(C)(C)NC(=O)OC(C)(C)C)NCC(C)CN1CCCC1. The summed E-state index contributed by atoms with van der Waals surface area (Å²) in [5.41, 5.74) is -1.00. The fraction of sp³-hybridized carbons (Fsp3) is 0.900. The Morgan fingerprint density at radius 3 is 2.33 bits per heavy atom. The molecule has 3 N–H and O–H groups in total. The Kier molecular flexibility index (Phi) is 9.36. The van der Waals surface area contributed by atoms with Crippen molar-refractivity contribution in [3.63, 3.8) is 0 Å². The number of carbonyl (C=O) groups is 1. The van der Waals surface area contributed by atoms with Crippen LogP contribution in [0, 0.1) is 5.92 Å². The summed E-state index contributed by atoms with van der Waals surface area (Å²) in [7, 11) is 0. The van der Waals surface area contributed by atoms with E-state index in [0.717, 1.165) is 25.6 Å². The lowest BCUT2D eigenvalue weighted by Crippen LogP contribution is -2.49. The zero-order valence-electron chi connectivity index (χ0n) is 18.4. The molecule has 0 bridgehead atoms. The average molecular weight is 384 g/mol. The smallest absolute Gasteiger partial charge is 0.408 e. The monoisotopic (exact) mass is 383 g/mol. The van der Waals surface area contributed by atoms with Gasteiger partial charge in [0.05, 0.1) is 12.1 Å². The molecular weight excluding hydrogens is 342 g/mol. The molecule has 7 heteroatoms. The van der Waals surface area contributed by atoms with Crippen molar-refractivity contribution in [1.29, 1.82) is 0 Å². The second kappa shape index (κ2) is 10.7. The highest BCUT2D eigenvalue weighted by molar-refractivity contribution is 5.79. The van der Waals surface area contributed by atoms with E-state index in [-0.39, 0.29) is 0 Å². The third-order valence-electron chi connectivity index (χ3n) is 4.20. The van der Waals surface area contributed by atoms with Crippen LogP contribution in [0.4, 0.5) is 4.79 Å². The van der Waals surface area contributed by atoms with Gasteiger partial charge < -0.3 is 25.6 Å².